The zero-order chi connectivity index (χ0) is 28.2. The summed E-state index contributed by atoms with van der Waals surface area (Å²) in [5.74, 6) is -0.332. The molecule has 2 fully saturated rings. The number of nitrogens with one attached hydrogen (secondary N) is 1. The maximum Gasteiger partial charge on any atom is 0.295 e. The average molecular weight is 555 g/mol. The zero-order valence-corrected chi connectivity index (χ0v) is 23.1. The number of carbonyl (C=O) groups is 2. The van der Waals surface area contributed by atoms with Crippen molar-refractivity contribution in [3.63, 3.8) is 0 Å². The Morgan fingerprint density at radius 2 is 1.73 bits per heavy atom. The lowest BCUT2D eigenvalue weighted by molar-refractivity contribution is -0.123. The standard InChI is InChI=1S/C33H35FN4O3/c34-25-14-12-23(13-15-25)31(32(39)36-26-9-3-4-10-26)38(27-20-24-8-2-5-11-29(24)35-21-27)33(40)30-17-16-28(41-30)22-37-18-6-1-7-19-37/h2,5,8,11-17,20-21,26,31H,1,3-4,6-7,9-10,18-19,22H2,(H,36,39). The third kappa shape index (κ3) is 6.17. The summed E-state index contributed by atoms with van der Waals surface area (Å²) >= 11 is 0. The Morgan fingerprint density at radius 1 is 0.976 bits per heavy atom. The number of hydrogen-bond acceptors (Lipinski definition) is 5. The highest BCUT2D eigenvalue weighted by atomic mass is 19.1. The van der Waals surface area contributed by atoms with E-state index in [1.165, 1.54) is 23.5 Å². The molecule has 41 heavy (non-hydrogen) atoms. The van der Waals surface area contributed by atoms with Gasteiger partial charge in [-0.1, -0.05) is 49.6 Å². The van der Waals surface area contributed by atoms with E-state index >= 15 is 0 Å². The predicted molar refractivity (Wildman–Crippen MR) is 156 cm³/mol. The molecule has 212 valence electrons. The molecule has 2 amide bonds. The first-order chi connectivity index (χ1) is 20.0. The lowest BCUT2D eigenvalue weighted by atomic mass is 10.0. The van der Waals surface area contributed by atoms with E-state index in [2.05, 4.69) is 15.2 Å². The van der Waals surface area contributed by atoms with E-state index < -0.39 is 17.8 Å². The van der Waals surface area contributed by atoms with Crippen LogP contribution >= 0.6 is 0 Å². The van der Waals surface area contributed by atoms with Crippen LogP contribution in [0.2, 0.25) is 0 Å². The summed E-state index contributed by atoms with van der Waals surface area (Å²) in [7, 11) is 0. The van der Waals surface area contributed by atoms with E-state index in [4.69, 9.17) is 4.42 Å². The molecule has 1 saturated carbocycles. The maximum atomic E-state index is 14.3. The quantitative estimate of drug-likeness (QED) is 0.273. The topological polar surface area (TPSA) is 78.7 Å². The molecule has 8 heteroatoms. The van der Waals surface area contributed by atoms with Crippen LogP contribution in [0.25, 0.3) is 10.9 Å². The molecule has 6 rings (SSSR count). The lowest BCUT2D eigenvalue weighted by Gasteiger charge is -2.31. The molecule has 0 spiro atoms. The second-order valence-corrected chi connectivity index (χ2v) is 11.1. The Kier molecular flexibility index (Phi) is 8.09. The molecule has 7 nitrogen and oxygen atoms in total. The number of pyridine rings is 1. The second kappa shape index (κ2) is 12.2. The van der Waals surface area contributed by atoms with Gasteiger partial charge in [-0.15, -0.1) is 0 Å². The summed E-state index contributed by atoms with van der Waals surface area (Å²) in [4.78, 5) is 36.7. The first kappa shape index (κ1) is 27.1. The number of nitrogens with zero attached hydrogens (tertiary/aromatic N) is 3. The van der Waals surface area contributed by atoms with Crippen molar-refractivity contribution in [1.29, 1.82) is 0 Å². The van der Waals surface area contributed by atoms with Crippen LogP contribution < -0.4 is 10.2 Å². The third-order valence-corrected chi connectivity index (χ3v) is 8.17. The van der Waals surface area contributed by atoms with Crippen molar-refractivity contribution >= 4 is 28.4 Å². The second-order valence-electron chi connectivity index (χ2n) is 11.1. The van der Waals surface area contributed by atoms with Crippen LogP contribution in [0.3, 0.4) is 0 Å². The summed E-state index contributed by atoms with van der Waals surface area (Å²) < 4.78 is 20.1. The fourth-order valence-electron chi connectivity index (χ4n) is 6.02. The Morgan fingerprint density at radius 3 is 2.51 bits per heavy atom. The van der Waals surface area contributed by atoms with Gasteiger partial charge in [0.1, 0.15) is 17.6 Å². The average Bonchev–Trinajstić information content (AvgIpc) is 3.69. The molecule has 1 saturated heterocycles. The zero-order valence-electron chi connectivity index (χ0n) is 23.1. The highest BCUT2D eigenvalue weighted by molar-refractivity contribution is 6.09. The van der Waals surface area contributed by atoms with Crippen molar-refractivity contribution in [1.82, 2.24) is 15.2 Å². The van der Waals surface area contributed by atoms with Gasteiger partial charge in [-0.25, -0.2) is 4.39 Å². The van der Waals surface area contributed by atoms with Crippen molar-refractivity contribution in [2.75, 3.05) is 18.0 Å². The van der Waals surface area contributed by atoms with Gasteiger partial charge in [-0.2, -0.15) is 0 Å². The maximum absolute atomic E-state index is 14.3. The van der Waals surface area contributed by atoms with Gasteiger partial charge < -0.3 is 9.73 Å². The van der Waals surface area contributed by atoms with Gasteiger partial charge in [0.2, 0.25) is 5.91 Å². The van der Waals surface area contributed by atoms with Crippen LogP contribution in [-0.4, -0.2) is 40.8 Å². The number of benzene rings is 2. The first-order valence-electron chi connectivity index (χ1n) is 14.6. The van der Waals surface area contributed by atoms with Crippen molar-refractivity contribution in [3.8, 4) is 0 Å². The van der Waals surface area contributed by atoms with E-state index in [9.17, 15) is 14.0 Å². The number of likely N-dealkylation sites (tertiary alicyclic amines) is 1. The molecule has 0 radical (unpaired) electrons. The Labute approximate surface area is 239 Å². The Bertz CT molecular complexity index is 1510. The number of anilines is 1. The van der Waals surface area contributed by atoms with Crippen LogP contribution in [0, 0.1) is 5.82 Å². The molecule has 1 aliphatic heterocycles. The number of piperidine rings is 1. The van der Waals surface area contributed by atoms with E-state index in [1.54, 1.807) is 24.4 Å². The van der Waals surface area contributed by atoms with E-state index in [0.717, 1.165) is 62.5 Å². The van der Waals surface area contributed by atoms with Gasteiger partial charge in [0.15, 0.2) is 5.76 Å². The number of furan rings is 1. The SMILES string of the molecule is O=C(NC1CCCC1)C(c1ccc(F)cc1)N(C(=O)c1ccc(CN2CCCCC2)o1)c1cnc2ccccc2c1. The van der Waals surface area contributed by atoms with Crippen LogP contribution in [0.15, 0.2) is 77.3 Å². The van der Waals surface area contributed by atoms with E-state index in [-0.39, 0.29) is 17.7 Å². The Balaban J connectivity index is 1.40. The molecule has 2 aliphatic rings. The van der Waals surface area contributed by atoms with Crippen molar-refractivity contribution < 1.29 is 18.4 Å². The third-order valence-electron chi connectivity index (χ3n) is 8.17. The van der Waals surface area contributed by atoms with Crippen molar-refractivity contribution in [2.45, 2.75) is 63.6 Å². The van der Waals surface area contributed by atoms with E-state index in [0.29, 0.717) is 23.6 Å². The molecule has 0 bridgehead atoms. The van der Waals surface area contributed by atoms with Crippen molar-refractivity contribution in [3.05, 3.63) is 95.8 Å². The fourth-order valence-corrected chi connectivity index (χ4v) is 6.02. The van der Waals surface area contributed by atoms with Gasteiger partial charge in [0.25, 0.3) is 5.91 Å². The summed E-state index contributed by atoms with van der Waals surface area (Å²) in [5.41, 5.74) is 1.74. The normalized spacial score (nSPS) is 17.0. The monoisotopic (exact) mass is 554 g/mol. The number of hydrogen-bond donors (Lipinski definition) is 1. The van der Waals surface area contributed by atoms with Crippen LogP contribution in [0.4, 0.5) is 10.1 Å². The minimum absolute atomic E-state index is 0.0388. The van der Waals surface area contributed by atoms with Gasteiger partial charge in [-0.05, 0) is 80.7 Å². The Hall–Kier alpha value is -4.04. The van der Waals surface area contributed by atoms with Crippen LogP contribution in [0.5, 0.6) is 0 Å². The van der Waals surface area contributed by atoms with Crippen LogP contribution in [0.1, 0.15) is 72.9 Å². The number of aromatic nitrogens is 1. The minimum atomic E-state index is -1.05. The highest BCUT2D eigenvalue weighted by Crippen LogP contribution is 2.33. The summed E-state index contributed by atoms with van der Waals surface area (Å²) in [6.07, 6.45) is 9.05. The smallest absolute Gasteiger partial charge is 0.295 e. The molecule has 2 aromatic heterocycles. The molecule has 1 unspecified atom stereocenters. The molecular weight excluding hydrogens is 519 g/mol. The molecule has 1 aliphatic carbocycles. The molecule has 2 aromatic carbocycles. The van der Waals surface area contributed by atoms with Crippen LogP contribution in [-0.2, 0) is 11.3 Å². The van der Waals surface area contributed by atoms with Crippen molar-refractivity contribution in [2.24, 2.45) is 0 Å². The minimum Gasteiger partial charge on any atom is -0.455 e. The number of amides is 2. The highest BCUT2D eigenvalue weighted by Gasteiger charge is 2.36. The largest absolute Gasteiger partial charge is 0.455 e. The predicted octanol–water partition coefficient (Wildman–Crippen LogP) is 6.40. The number of halogens is 1. The number of para-hydroxylation sites is 1. The van der Waals surface area contributed by atoms with E-state index in [1.807, 2.05) is 36.4 Å². The molecule has 1 atom stereocenters. The molecule has 3 heterocycles. The fraction of sp³-hybridized carbons (Fsp3) is 0.364. The van der Waals surface area contributed by atoms with Gasteiger partial charge in [-0.3, -0.25) is 24.4 Å². The van der Waals surface area contributed by atoms with Gasteiger partial charge in [0, 0.05) is 11.4 Å². The number of fused-ring (bicyclic) bond motifs is 1. The van der Waals surface area contributed by atoms with Gasteiger partial charge in [0.05, 0.1) is 23.9 Å². The lowest BCUT2D eigenvalue weighted by Crippen LogP contribution is -2.46. The molecule has 4 aromatic rings. The number of rotatable bonds is 8. The summed E-state index contributed by atoms with van der Waals surface area (Å²) in [5, 5.41) is 4.00. The summed E-state index contributed by atoms with van der Waals surface area (Å²) in [6, 6.07) is 17.7. The molecular formula is C33H35FN4O3. The number of carbonyl (C=O) groups excluding carboxylic acids is 2. The molecule has 1 N–H and O–H groups in total. The van der Waals surface area contributed by atoms with Gasteiger partial charge >= 0.3 is 0 Å². The summed E-state index contributed by atoms with van der Waals surface area (Å²) in [6.45, 7) is 2.65. The first-order valence-corrected chi connectivity index (χ1v) is 14.6.